The molecule has 0 radical (unpaired) electrons. The molecule has 0 saturated carbocycles. The van der Waals surface area contributed by atoms with Crippen molar-refractivity contribution < 1.29 is 19.4 Å². The van der Waals surface area contributed by atoms with Crippen molar-refractivity contribution in [2.45, 2.75) is 31.1 Å². The van der Waals surface area contributed by atoms with Crippen molar-refractivity contribution in [3.05, 3.63) is 71.3 Å². The van der Waals surface area contributed by atoms with E-state index in [1.807, 2.05) is 18.2 Å². The second kappa shape index (κ2) is 7.73. The van der Waals surface area contributed by atoms with Crippen molar-refractivity contribution >= 4 is 11.9 Å². The lowest BCUT2D eigenvalue weighted by Gasteiger charge is -2.39. The van der Waals surface area contributed by atoms with Crippen LogP contribution >= 0.6 is 0 Å². The number of hydrogen-bond donors (Lipinski definition) is 2. The molecule has 1 amide bonds. The number of nitrogens with zero attached hydrogens (tertiary/aromatic N) is 1. The van der Waals surface area contributed by atoms with Gasteiger partial charge >= 0.3 is 5.97 Å². The summed E-state index contributed by atoms with van der Waals surface area (Å²) in [5, 5.41) is 12.4. The van der Waals surface area contributed by atoms with Crippen LogP contribution in [0.1, 0.15) is 35.6 Å². The molecule has 0 aliphatic carbocycles. The number of rotatable bonds is 5. The first kappa shape index (κ1) is 18.7. The Labute approximate surface area is 164 Å². The Morgan fingerprint density at radius 3 is 2.46 bits per heavy atom. The van der Waals surface area contributed by atoms with Gasteiger partial charge in [-0.05, 0) is 29.5 Å². The molecule has 28 heavy (non-hydrogen) atoms. The number of carboxylic acids is 1. The SMILES string of the molecule is O=C(O)[C@H](NCC(=O)N1CCC2(CC1)OCc1ccccc12)c1ccccc1. The monoisotopic (exact) mass is 380 g/mol. The first-order chi connectivity index (χ1) is 13.6. The van der Waals surface area contributed by atoms with E-state index in [2.05, 4.69) is 17.4 Å². The molecule has 2 N–H and O–H groups in total. The summed E-state index contributed by atoms with van der Waals surface area (Å²) >= 11 is 0. The van der Waals surface area contributed by atoms with E-state index in [-0.39, 0.29) is 18.1 Å². The molecule has 146 valence electrons. The average molecular weight is 380 g/mol. The van der Waals surface area contributed by atoms with Crippen molar-refractivity contribution in [3.63, 3.8) is 0 Å². The Balaban J connectivity index is 1.35. The van der Waals surface area contributed by atoms with Crippen molar-refractivity contribution in [2.75, 3.05) is 19.6 Å². The number of amides is 1. The second-order valence-electron chi connectivity index (χ2n) is 7.38. The van der Waals surface area contributed by atoms with Crippen LogP contribution in [0.15, 0.2) is 54.6 Å². The van der Waals surface area contributed by atoms with Crippen LogP contribution in [0.3, 0.4) is 0 Å². The van der Waals surface area contributed by atoms with Gasteiger partial charge in [-0.2, -0.15) is 0 Å². The molecule has 2 aliphatic rings. The highest BCUT2D eigenvalue weighted by molar-refractivity contribution is 5.80. The third-order valence-corrected chi connectivity index (χ3v) is 5.77. The highest BCUT2D eigenvalue weighted by atomic mass is 16.5. The van der Waals surface area contributed by atoms with E-state index in [1.54, 1.807) is 29.2 Å². The number of likely N-dealkylation sites (tertiary alicyclic amines) is 1. The number of aliphatic carboxylic acids is 1. The standard InChI is InChI=1S/C22H24N2O4/c25-19(14-23-20(21(26)27)16-6-2-1-3-7-16)24-12-10-22(11-13-24)18-9-5-4-8-17(18)15-28-22/h1-9,20,23H,10-15H2,(H,26,27)/t20-/m1/s1. The van der Waals surface area contributed by atoms with Crippen molar-refractivity contribution in [1.82, 2.24) is 10.2 Å². The number of ether oxygens (including phenoxy) is 1. The zero-order valence-corrected chi connectivity index (χ0v) is 15.6. The van der Waals surface area contributed by atoms with Gasteiger partial charge in [-0.1, -0.05) is 54.6 Å². The lowest BCUT2D eigenvalue weighted by molar-refractivity contribution is -0.140. The zero-order chi connectivity index (χ0) is 19.6. The van der Waals surface area contributed by atoms with Crippen LogP contribution in [-0.4, -0.2) is 41.5 Å². The summed E-state index contributed by atoms with van der Waals surface area (Å²) < 4.78 is 6.14. The van der Waals surface area contributed by atoms with Crippen molar-refractivity contribution in [1.29, 1.82) is 0 Å². The Kier molecular flexibility index (Phi) is 5.15. The highest BCUT2D eigenvalue weighted by Crippen LogP contribution is 2.43. The molecule has 1 atom stereocenters. The van der Waals surface area contributed by atoms with Gasteiger partial charge in [0.1, 0.15) is 6.04 Å². The highest BCUT2D eigenvalue weighted by Gasteiger charge is 2.43. The second-order valence-corrected chi connectivity index (χ2v) is 7.38. The maximum absolute atomic E-state index is 12.6. The number of piperidine rings is 1. The fourth-order valence-electron chi connectivity index (χ4n) is 4.21. The van der Waals surface area contributed by atoms with Gasteiger partial charge in [0.25, 0.3) is 0 Å². The summed E-state index contributed by atoms with van der Waals surface area (Å²) in [5.41, 5.74) is 2.83. The van der Waals surface area contributed by atoms with Crippen molar-refractivity contribution in [3.8, 4) is 0 Å². The fourth-order valence-corrected chi connectivity index (χ4v) is 4.21. The minimum Gasteiger partial charge on any atom is -0.480 e. The Morgan fingerprint density at radius 2 is 1.75 bits per heavy atom. The first-order valence-electron chi connectivity index (χ1n) is 9.60. The number of carbonyl (C=O) groups excluding carboxylic acids is 1. The lowest BCUT2D eigenvalue weighted by atomic mass is 9.84. The van der Waals surface area contributed by atoms with Crippen LogP contribution in [0.2, 0.25) is 0 Å². The number of nitrogens with one attached hydrogen (secondary N) is 1. The normalized spacial score (nSPS) is 18.6. The van der Waals surface area contributed by atoms with Gasteiger partial charge in [0.05, 0.1) is 18.8 Å². The van der Waals surface area contributed by atoms with Crippen molar-refractivity contribution in [2.24, 2.45) is 0 Å². The fraction of sp³-hybridized carbons (Fsp3) is 0.364. The van der Waals surface area contributed by atoms with Gasteiger partial charge in [0, 0.05) is 13.1 Å². The van der Waals surface area contributed by atoms with Gasteiger partial charge in [-0.3, -0.25) is 14.9 Å². The van der Waals surface area contributed by atoms with Gasteiger partial charge < -0.3 is 14.7 Å². The van der Waals surface area contributed by atoms with E-state index in [0.717, 1.165) is 12.8 Å². The minimum absolute atomic E-state index is 0.00367. The smallest absolute Gasteiger partial charge is 0.325 e. The molecule has 4 rings (SSSR count). The third kappa shape index (κ3) is 3.53. The number of carbonyl (C=O) groups is 2. The van der Waals surface area contributed by atoms with Gasteiger partial charge in [-0.25, -0.2) is 0 Å². The summed E-state index contributed by atoms with van der Waals surface area (Å²) in [4.78, 5) is 26.0. The molecule has 0 unspecified atom stereocenters. The van der Waals surface area contributed by atoms with Crippen LogP contribution in [0, 0.1) is 0 Å². The van der Waals surface area contributed by atoms with Gasteiger partial charge in [-0.15, -0.1) is 0 Å². The van der Waals surface area contributed by atoms with Crippen LogP contribution in [0.5, 0.6) is 0 Å². The van der Waals surface area contributed by atoms with Crippen LogP contribution in [-0.2, 0) is 26.5 Å². The summed E-state index contributed by atoms with van der Waals surface area (Å²) in [5.74, 6) is -1.07. The minimum atomic E-state index is -0.993. The molecule has 2 aromatic carbocycles. The molecule has 2 aromatic rings. The van der Waals surface area contributed by atoms with Crippen LogP contribution in [0.25, 0.3) is 0 Å². The number of fused-ring (bicyclic) bond motifs is 2. The van der Waals surface area contributed by atoms with E-state index >= 15 is 0 Å². The van der Waals surface area contributed by atoms with E-state index in [4.69, 9.17) is 4.74 Å². The molecule has 0 bridgehead atoms. The molecule has 6 nitrogen and oxygen atoms in total. The molecular formula is C22H24N2O4. The molecule has 0 aromatic heterocycles. The molecule has 1 fully saturated rings. The summed E-state index contributed by atoms with van der Waals surface area (Å²) in [6, 6.07) is 16.3. The van der Waals surface area contributed by atoms with Crippen LogP contribution < -0.4 is 5.32 Å². The molecule has 6 heteroatoms. The predicted molar refractivity (Wildman–Crippen MR) is 104 cm³/mol. The maximum atomic E-state index is 12.6. The topological polar surface area (TPSA) is 78.9 Å². The lowest BCUT2D eigenvalue weighted by Crippen LogP contribution is -2.48. The largest absolute Gasteiger partial charge is 0.480 e. The van der Waals surface area contributed by atoms with E-state index in [9.17, 15) is 14.7 Å². The summed E-state index contributed by atoms with van der Waals surface area (Å²) in [6.07, 6.45) is 1.52. The predicted octanol–water partition coefficient (Wildman–Crippen LogP) is 2.45. The first-order valence-corrected chi connectivity index (χ1v) is 9.60. The quantitative estimate of drug-likeness (QED) is 0.833. The van der Waals surface area contributed by atoms with E-state index in [1.165, 1.54) is 11.1 Å². The number of carboxylic acid groups (broad SMARTS) is 1. The Morgan fingerprint density at radius 1 is 1.07 bits per heavy atom. The molecule has 1 saturated heterocycles. The molecule has 1 spiro atoms. The molecule has 2 aliphatic heterocycles. The molecular weight excluding hydrogens is 356 g/mol. The average Bonchev–Trinajstić information content (AvgIpc) is 3.07. The summed E-state index contributed by atoms with van der Waals surface area (Å²) in [7, 11) is 0. The third-order valence-electron chi connectivity index (χ3n) is 5.77. The van der Waals surface area contributed by atoms with Gasteiger partial charge in [0.15, 0.2) is 0 Å². The van der Waals surface area contributed by atoms with E-state index in [0.29, 0.717) is 25.3 Å². The zero-order valence-electron chi connectivity index (χ0n) is 15.6. The van der Waals surface area contributed by atoms with E-state index < -0.39 is 12.0 Å². The summed E-state index contributed by atoms with van der Waals surface area (Å²) in [6.45, 7) is 1.84. The Bertz CT molecular complexity index is 860. The Hall–Kier alpha value is -2.70. The maximum Gasteiger partial charge on any atom is 0.325 e. The number of benzene rings is 2. The van der Waals surface area contributed by atoms with Crippen LogP contribution in [0.4, 0.5) is 0 Å². The molecule has 2 heterocycles. The number of hydrogen-bond acceptors (Lipinski definition) is 4. The van der Waals surface area contributed by atoms with Gasteiger partial charge in [0.2, 0.25) is 5.91 Å².